The lowest BCUT2D eigenvalue weighted by Crippen LogP contribution is -2.43. The van der Waals surface area contributed by atoms with Crippen LogP contribution in [0, 0.1) is 6.92 Å². The van der Waals surface area contributed by atoms with E-state index < -0.39 is 10.0 Å². The lowest BCUT2D eigenvalue weighted by molar-refractivity contribution is 0.0985. The van der Waals surface area contributed by atoms with Crippen molar-refractivity contribution in [1.29, 1.82) is 0 Å². The van der Waals surface area contributed by atoms with Crippen LogP contribution in [0.3, 0.4) is 0 Å². The summed E-state index contributed by atoms with van der Waals surface area (Å²) in [4.78, 5) is 20.4. The number of amides is 1. The van der Waals surface area contributed by atoms with Gasteiger partial charge >= 0.3 is 0 Å². The molecule has 1 aliphatic rings. The van der Waals surface area contributed by atoms with Crippen molar-refractivity contribution in [1.82, 2.24) is 9.29 Å². The minimum atomic E-state index is -3.61. The Balaban J connectivity index is 1.46. The van der Waals surface area contributed by atoms with Crippen LogP contribution in [0.5, 0.6) is 0 Å². The average molecular weight is 534 g/mol. The number of thiazole rings is 1. The summed E-state index contributed by atoms with van der Waals surface area (Å²) in [5.74, 6) is -0.215. The Kier molecular flexibility index (Phi) is 7.42. The van der Waals surface area contributed by atoms with Crippen molar-refractivity contribution < 1.29 is 13.2 Å². The Morgan fingerprint density at radius 3 is 2.54 bits per heavy atom. The van der Waals surface area contributed by atoms with Gasteiger partial charge in [-0.25, -0.2) is 13.4 Å². The van der Waals surface area contributed by atoms with Crippen LogP contribution in [-0.2, 0) is 16.6 Å². The molecular weight excluding hydrogens is 502 g/mol. The van der Waals surface area contributed by atoms with Crippen LogP contribution in [0.2, 0.25) is 0 Å². The maximum Gasteiger partial charge on any atom is 0.260 e. The first kappa shape index (κ1) is 25.6. The summed E-state index contributed by atoms with van der Waals surface area (Å²) in [5.41, 5.74) is 3.40. The number of fused-ring (bicyclic) bond motifs is 1. The summed E-state index contributed by atoms with van der Waals surface area (Å²) < 4.78 is 29.4. The van der Waals surface area contributed by atoms with E-state index in [-0.39, 0.29) is 16.8 Å². The Bertz CT molecular complexity index is 1500. The van der Waals surface area contributed by atoms with Gasteiger partial charge in [0.25, 0.3) is 5.91 Å². The predicted molar refractivity (Wildman–Crippen MR) is 150 cm³/mol. The molecule has 0 saturated carbocycles. The molecule has 6 nitrogen and oxygen atoms in total. The first-order valence-corrected chi connectivity index (χ1v) is 15.0. The zero-order valence-corrected chi connectivity index (χ0v) is 22.8. The number of hydrogen-bond acceptors (Lipinski definition) is 5. The topological polar surface area (TPSA) is 70.6 Å². The van der Waals surface area contributed by atoms with Crippen LogP contribution >= 0.6 is 11.3 Å². The third-order valence-corrected chi connectivity index (χ3v) is 9.95. The molecule has 0 N–H and O–H groups in total. The highest BCUT2D eigenvalue weighted by molar-refractivity contribution is 7.89. The molecule has 0 bridgehead atoms. The van der Waals surface area contributed by atoms with Gasteiger partial charge < -0.3 is 0 Å². The fourth-order valence-corrected chi connectivity index (χ4v) is 7.72. The minimum Gasteiger partial charge on any atom is -0.279 e. The van der Waals surface area contributed by atoms with Crippen LogP contribution in [-0.4, -0.2) is 36.2 Å². The van der Waals surface area contributed by atoms with E-state index in [4.69, 9.17) is 4.98 Å². The summed E-state index contributed by atoms with van der Waals surface area (Å²) in [5, 5.41) is 0.616. The number of benzene rings is 3. The first-order chi connectivity index (χ1) is 17.9. The van der Waals surface area contributed by atoms with Gasteiger partial charge in [-0.05, 0) is 73.7 Å². The summed E-state index contributed by atoms with van der Waals surface area (Å²) in [6.45, 7) is 4.98. The zero-order valence-electron chi connectivity index (χ0n) is 21.1. The van der Waals surface area contributed by atoms with Crippen LogP contribution in [0.4, 0.5) is 5.13 Å². The number of hydrogen-bond donors (Lipinski definition) is 0. The van der Waals surface area contributed by atoms with Gasteiger partial charge in [-0.2, -0.15) is 4.31 Å². The fourth-order valence-electron chi connectivity index (χ4n) is 4.89. The molecule has 37 heavy (non-hydrogen) atoms. The van der Waals surface area contributed by atoms with E-state index in [0.717, 1.165) is 47.0 Å². The van der Waals surface area contributed by atoms with Crippen molar-refractivity contribution in [2.75, 3.05) is 11.4 Å². The second-order valence-corrected chi connectivity index (χ2v) is 12.4. The number of carbonyl (C=O) groups is 1. The van der Waals surface area contributed by atoms with Crippen LogP contribution in [0.15, 0.2) is 77.7 Å². The first-order valence-electron chi connectivity index (χ1n) is 12.7. The molecule has 8 heteroatoms. The Morgan fingerprint density at radius 1 is 1.05 bits per heavy atom. The Labute approximate surface area is 222 Å². The number of carbonyl (C=O) groups excluding carboxylic acids is 1. The molecule has 1 aromatic heterocycles. The standard InChI is InChI=1S/C29H31N3O3S2/c1-3-24-11-7-8-18-32(24)37(34,35)25-15-13-23(14-16-25)28(33)31(20-22-9-5-4-6-10-22)29-30-26-17-12-21(2)19-27(26)36-29/h4-6,9-10,12-17,19,24H,3,7-8,11,18,20H2,1-2H3. The molecule has 192 valence electrons. The number of aryl methyl sites for hydroxylation is 1. The van der Waals surface area contributed by atoms with Gasteiger partial charge in [0.15, 0.2) is 5.13 Å². The SMILES string of the molecule is CCC1CCCCN1S(=O)(=O)c1ccc(C(=O)N(Cc2ccccc2)c2nc3ccc(C)cc3s2)cc1. The number of aromatic nitrogens is 1. The van der Waals surface area contributed by atoms with Gasteiger partial charge in [-0.15, -0.1) is 0 Å². The maximum atomic E-state index is 13.8. The number of rotatable bonds is 7. The molecule has 1 saturated heterocycles. The molecule has 1 unspecified atom stereocenters. The van der Waals surface area contributed by atoms with Gasteiger partial charge in [0.05, 0.1) is 21.7 Å². The third kappa shape index (κ3) is 5.32. The molecule has 0 aliphatic carbocycles. The van der Waals surface area contributed by atoms with Gasteiger partial charge in [0.1, 0.15) is 0 Å². The normalized spacial score (nSPS) is 16.6. The third-order valence-electron chi connectivity index (χ3n) is 6.94. The van der Waals surface area contributed by atoms with Crippen molar-refractivity contribution in [3.8, 4) is 0 Å². The second kappa shape index (κ2) is 10.7. The lowest BCUT2D eigenvalue weighted by atomic mass is 10.0. The van der Waals surface area contributed by atoms with Gasteiger partial charge in [0.2, 0.25) is 10.0 Å². The molecule has 1 aliphatic heterocycles. The average Bonchev–Trinajstić information content (AvgIpc) is 3.35. The van der Waals surface area contributed by atoms with Crippen LogP contribution in [0.25, 0.3) is 10.2 Å². The monoisotopic (exact) mass is 533 g/mol. The number of nitrogens with zero attached hydrogens (tertiary/aromatic N) is 3. The molecule has 1 atom stereocenters. The second-order valence-electron chi connectivity index (χ2n) is 9.54. The van der Waals surface area contributed by atoms with E-state index in [9.17, 15) is 13.2 Å². The molecule has 3 aromatic carbocycles. The van der Waals surface area contributed by atoms with Gasteiger partial charge in [-0.3, -0.25) is 9.69 Å². The highest BCUT2D eigenvalue weighted by Gasteiger charge is 2.32. The Hall–Kier alpha value is -3.07. The van der Waals surface area contributed by atoms with Crippen LogP contribution < -0.4 is 4.90 Å². The van der Waals surface area contributed by atoms with Crippen molar-refractivity contribution in [3.63, 3.8) is 0 Å². The number of sulfonamides is 1. The quantitative estimate of drug-likeness (QED) is 0.275. The number of anilines is 1. The smallest absolute Gasteiger partial charge is 0.260 e. The molecule has 0 radical (unpaired) electrons. The molecule has 5 rings (SSSR count). The van der Waals surface area contributed by atoms with E-state index in [2.05, 4.69) is 6.07 Å². The van der Waals surface area contributed by atoms with Gasteiger partial charge in [-0.1, -0.05) is 61.1 Å². The fraction of sp³-hybridized carbons (Fsp3) is 0.310. The highest BCUT2D eigenvalue weighted by Crippen LogP contribution is 2.32. The van der Waals surface area contributed by atoms with E-state index in [1.807, 2.05) is 56.3 Å². The van der Waals surface area contributed by atoms with Crippen molar-refractivity contribution in [3.05, 3.63) is 89.5 Å². The van der Waals surface area contributed by atoms with Crippen LogP contribution in [0.1, 0.15) is 54.1 Å². The van der Waals surface area contributed by atoms with E-state index in [0.29, 0.717) is 23.8 Å². The summed E-state index contributed by atoms with van der Waals surface area (Å²) in [6.07, 6.45) is 3.62. The van der Waals surface area contributed by atoms with Crippen molar-refractivity contribution in [2.45, 2.75) is 57.0 Å². The molecule has 0 spiro atoms. The number of piperidine rings is 1. The van der Waals surface area contributed by atoms with E-state index in [1.54, 1.807) is 33.5 Å². The molecule has 1 amide bonds. The molecular formula is C29H31N3O3S2. The van der Waals surface area contributed by atoms with Crippen molar-refractivity contribution >= 4 is 42.6 Å². The van der Waals surface area contributed by atoms with Gasteiger partial charge in [0, 0.05) is 18.2 Å². The summed E-state index contributed by atoms with van der Waals surface area (Å²) >= 11 is 1.48. The zero-order chi connectivity index (χ0) is 26.0. The summed E-state index contributed by atoms with van der Waals surface area (Å²) in [6, 6.07) is 22.3. The molecule has 1 fully saturated rings. The van der Waals surface area contributed by atoms with Crippen molar-refractivity contribution in [2.24, 2.45) is 0 Å². The largest absolute Gasteiger partial charge is 0.279 e. The minimum absolute atomic E-state index is 0.0316. The highest BCUT2D eigenvalue weighted by atomic mass is 32.2. The van der Waals surface area contributed by atoms with E-state index >= 15 is 0 Å². The van der Waals surface area contributed by atoms with E-state index in [1.165, 1.54) is 11.3 Å². The Morgan fingerprint density at radius 2 is 1.81 bits per heavy atom. The lowest BCUT2D eigenvalue weighted by Gasteiger charge is -2.34. The predicted octanol–water partition coefficient (Wildman–Crippen LogP) is 6.40. The summed E-state index contributed by atoms with van der Waals surface area (Å²) in [7, 11) is -3.61. The maximum absolute atomic E-state index is 13.8. The molecule has 4 aromatic rings. The molecule has 2 heterocycles.